The Morgan fingerprint density at radius 1 is 1.14 bits per heavy atom. The monoisotopic (exact) mass is 587 g/mol. The number of imide groups is 1. The third-order valence-electron chi connectivity index (χ3n) is 7.70. The highest BCUT2D eigenvalue weighted by molar-refractivity contribution is 14.1. The molecule has 0 aromatic heterocycles. The number of allylic oxidation sites excluding steroid dienone is 6. The van der Waals surface area contributed by atoms with Crippen LogP contribution >= 0.6 is 22.6 Å². The van der Waals surface area contributed by atoms with Crippen molar-refractivity contribution >= 4 is 46.0 Å². The number of Topliss-reactive ketones (excluding diaryl/α,β-unsaturated/α-hetero) is 1. The molecule has 0 unspecified atom stereocenters. The molecule has 1 saturated heterocycles. The van der Waals surface area contributed by atoms with Crippen LogP contribution in [0.15, 0.2) is 46.6 Å². The van der Waals surface area contributed by atoms with Crippen LogP contribution in [0.2, 0.25) is 0 Å². The smallest absolute Gasteiger partial charge is 0.233 e. The summed E-state index contributed by atoms with van der Waals surface area (Å²) in [5.41, 5.74) is 2.84. The van der Waals surface area contributed by atoms with E-state index in [0.717, 1.165) is 5.57 Å². The fourth-order valence-electron chi connectivity index (χ4n) is 6.19. The van der Waals surface area contributed by atoms with Crippen molar-refractivity contribution in [3.05, 3.63) is 55.7 Å². The van der Waals surface area contributed by atoms with Gasteiger partial charge >= 0.3 is 0 Å². The number of phenols is 1. The molecule has 4 aliphatic rings. The van der Waals surface area contributed by atoms with Gasteiger partial charge in [-0.25, -0.2) is 0 Å². The summed E-state index contributed by atoms with van der Waals surface area (Å²) >= 11 is 2.01. The highest BCUT2D eigenvalue weighted by Gasteiger charge is 2.56. The highest BCUT2D eigenvalue weighted by atomic mass is 127. The van der Waals surface area contributed by atoms with E-state index in [4.69, 9.17) is 4.74 Å². The Balaban J connectivity index is 1.70. The molecule has 35 heavy (non-hydrogen) atoms. The number of amides is 2. The normalized spacial score (nSPS) is 27.9. The second-order valence-corrected chi connectivity index (χ2v) is 10.8. The molecule has 0 spiro atoms. The molecular formula is C27H26INO6. The minimum atomic E-state index is -0.559. The van der Waals surface area contributed by atoms with Crippen molar-refractivity contribution < 1.29 is 29.0 Å². The second kappa shape index (κ2) is 8.72. The maximum Gasteiger partial charge on any atom is 0.233 e. The number of methoxy groups -OCH3 is 1. The van der Waals surface area contributed by atoms with Gasteiger partial charge in [-0.3, -0.25) is 24.1 Å². The van der Waals surface area contributed by atoms with Crippen LogP contribution in [0.1, 0.15) is 44.6 Å². The SMILES string of the molecule is CCCN1C(=O)[C@H]2[C@H](CC=C3[C@H](c4cc(I)c(O)c(OC)c4)C4=C(C[C@H]32)C(=O)C(C)=CC4=O)C1=O. The Bertz CT molecular complexity index is 1290. The number of hydrogen-bond acceptors (Lipinski definition) is 6. The van der Waals surface area contributed by atoms with E-state index < -0.39 is 17.8 Å². The Morgan fingerprint density at radius 2 is 1.89 bits per heavy atom. The maximum atomic E-state index is 13.5. The fraction of sp³-hybridized carbons (Fsp3) is 0.407. The topological polar surface area (TPSA) is 101 Å². The van der Waals surface area contributed by atoms with E-state index in [9.17, 15) is 24.3 Å². The predicted octanol–water partition coefficient (Wildman–Crippen LogP) is 3.84. The van der Waals surface area contributed by atoms with Crippen molar-refractivity contribution in [2.24, 2.45) is 17.8 Å². The maximum absolute atomic E-state index is 13.5. The predicted molar refractivity (Wildman–Crippen MR) is 136 cm³/mol. The van der Waals surface area contributed by atoms with Gasteiger partial charge in [0.25, 0.3) is 0 Å². The average Bonchev–Trinajstić information content (AvgIpc) is 3.08. The molecule has 1 N–H and O–H groups in total. The number of carbonyl (C=O) groups excluding carboxylic acids is 4. The van der Waals surface area contributed by atoms with Gasteiger partial charge in [0.15, 0.2) is 23.1 Å². The number of ketones is 2. The van der Waals surface area contributed by atoms with Gasteiger partial charge in [-0.2, -0.15) is 0 Å². The molecule has 182 valence electrons. The van der Waals surface area contributed by atoms with Gasteiger partial charge in [0.05, 0.1) is 22.5 Å². The zero-order valence-electron chi connectivity index (χ0n) is 19.8. The Hall–Kier alpha value is -2.75. The number of ether oxygens (including phenoxy) is 1. The van der Waals surface area contributed by atoms with Crippen molar-refractivity contribution in [1.82, 2.24) is 4.90 Å². The van der Waals surface area contributed by atoms with Crippen LogP contribution in [0.3, 0.4) is 0 Å². The number of benzene rings is 1. The van der Waals surface area contributed by atoms with Crippen LogP contribution in [0.4, 0.5) is 0 Å². The summed E-state index contributed by atoms with van der Waals surface area (Å²) < 4.78 is 5.93. The van der Waals surface area contributed by atoms with Crippen molar-refractivity contribution in [2.45, 2.75) is 39.0 Å². The number of nitrogens with zero attached hydrogens (tertiary/aromatic N) is 1. The van der Waals surface area contributed by atoms with Crippen LogP contribution in [-0.2, 0) is 19.2 Å². The largest absolute Gasteiger partial charge is 0.504 e. The Labute approximate surface area is 217 Å². The van der Waals surface area contributed by atoms with Gasteiger partial charge in [-0.05, 0) is 78.5 Å². The standard InChI is InChI=1S/C27H26INO6/c1-4-7-29-26(33)15-6-5-14-16(22(15)27(29)34)11-17-23(19(30)8-12(2)24(17)31)21(14)13-9-18(28)25(32)20(10-13)35-3/h5,8-10,15-16,21-22,32H,4,6-7,11H2,1-3H3/t15-,16+,21-,22-/m0/s1. The van der Waals surface area contributed by atoms with E-state index in [0.29, 0.717) is 45.2 Å². The summed E-state index contributed by atoms with van der Waals surface area (Å²) in [7, 11) is 1.46. The second-order valence-electron chi connectivity index (χ2n) is 9.61. The summed E-state index contributed by atoms with van der Waals surface area (Å²) in [6.07, 6.45) is 4.75. The number of halogens is 1. The molecule has 0 bridgehead atoms. The lowest BCUT2D eigenvalue weighted by molar-refractivity contribution is -0.140. The number of carbonyl (C=O) groups is 4. The quantitative estimate of drug-likeness (QED) is 0.249. The van der Waals surface area contributed by atoms with Crippen molar-refractivity contribution in [3.63, 3.8) is 0 Å². The molecule has 7 nitrogen and oxygen atoms in total. The van der Waals surface area contributed by atoms with E-state index in [1.54, 1.807) is 19.1 Å². The molecule has 0 radical (unpaired) electrons. The lowest BCUT2D eigenvalue weighted by atomic mass is 9.59. The first kappa shape index (κ1) is 24.0. The van der Waals surface area contributed by atoms with Gasteiger partial charge in [-0.15, -0.1) is 0 Å². The van der Waals surface area contributed by atoms with Crippen molar-refractivity contribution in [3.8, 4) is 11.5 Å². The molecular weight excluding hydrogens is 561 g/mol. The van der Waals surface area contributed by atoms with E-state index in [1.807, 2.05) is 35.6 Å². The molecule has 4 atom stereocenters. The van der Waals surface area contributed by atoms with Gasteiger partial charge in [0.1, 0.15) is 0 Å². The van der Waals surface area contributed by atoms with E-state index in [2.05, 4.69) is 0 Å². The number of phenolic OH excluding ortho intramolecular Hbond substituents is 1. The number of likely N-dealkylation sites (tertiary alicyclic amines) is 1. The number of hydrogen-bond donors (Lipinski definition) is 1. The molecule has 1 fully saturated rings. The summed E-state index contributed by atoms with van der Waals surface area (Å²) in [6, 6.07) is 3.48. The highest BCUT2D eigenvalue weighted by Crippen LogP contribution is 2.55. The van der Waals surface area contributed by atoms with Crippen molar-refractivity contribution in [2.75, 3.05) is 13.7 Å². The first-order valence-corrected chi connectivity index (χ1v) is 12.9. The number of aromatic hydroxyl groups is 1. The van der Waals surface area contributed by atoms with Gasteiger partial charge < -0.3 is 9.84 Å². The minimum absolute atomic E-state index is 0.00432. The first-order valence-electron chi connectivity index (χ1n) is 11.8. The van der Waals surface area contributed by atoms with Crippen LogP contribution < -0.4 is 4.74 Å². The zero-order chi connectivity index (χ0) is 25.2. The van der Waals surface area contributed by atoms with E-state index >= 15 is 0 Å². The van der Waals surface area contributed by atoms with E-state index in [1.165, 1.54) is 18.1 Å². The van der Waals surface area contributed by atoms with Crippen LogP contribution in [0.25, 0.3) is 0 Å². The summed E-state index contributed by atoms with van der Waals surface area (Å²) in [5.74, 6) is -2.34. The van der Waals surface area contributed by atoms with Crippen LogP contribution in [-0.4, -0.2) is 47.0 Å². The fourth-order valence-corrected chi connectivity index (χ4v) is 6.81. The molecule has 1 heterocycles. The van der Waals surface area contributed by atoms with Crippen molar-refractivity contribution in [1.29, 1.82) is 0 Å². The average molecular weight is 587 g/mol. The molecule has 1 aromatic rings. The first-order chi connectivity index (χ1) is 16.7. The van der Waals surface area contributed by atoms with Crippen LogP contribution in [0, 0.1) is 21.3 Å². The Morgan fingerprint density at radius 3 is 2.57 bits per heavy atom. The van der Waals surface area contributed by atoms with Crippen LogP contribution in [0.5, 0.6) is 11.5 Å². The molecule has 5 rings (SSSR count). The van der Waals surface area contributed by atoms with Gasteiger partial charge in [0.2, 0.25) is 11.8 Å². The molecule has 3 aliphatic carbocycles. The van der Waals surface area contributed by atoms with Gasteiger partial charge in [0, 0.05) is 29.2 Å². The molecule has 8 heteroatoms. The van der Waals surface area contributed by atoms with Gasteiger partial charge in [-0.1, -0.05) is 18.6 Å². The third kappa shape index (κ3) is 3.51. The molecule has 0 saturated carbocycles. The summed E-state index contributed by atoms with van der Waals surface area (Å²) in [5, 5.41) is 10.4. The lowest BCUT2D eigenvalue weighted by Gasteiger charge is -2.42. The summed E-state index contributed by atoms with van der Waals surface area (Å²) in [4.78, 5) is 54.5. The third-order valence-corrected chi connectivity index (χ3v) is 8.53. The number of rotatable bonds is 4. The van der Waals surface area contributed by atoms with E-state index in [-0.39, 0.29) is 47.2 Å². The molecule has 1 aromatic carbocycles. The Kier molecular flexibility index (Phi) is 5.97. The summed E-state index contributed by atoms with van der Waals surface area (Å²) in [6.45, 7) is 3.95. The minimum Gasteiger partial charge on any atom is -0.504 e. The molecule has 1 aliphatic heterocycles. The number of fused-ring (bicyclic) bond motifs is 3. The lowest BCUT2D eigenvalue weighted by Crippen LogP contribution is -2.39. The molecule has 2 amide bonds. The zero-order valence-corrected chi connectivity index (χ0v) is 21.9.